The van der Waals surface area contributed by atoms with E-state index in [9.17, 15) is 4.79 Å². The molecule has 1 aromatic carbocycles. The van der Waals surface area contributed by atoms with Crippen molar-refractivity contribution < 1.29 is 9.53 Å². The van der Waals surface area contributed by atoms with Crippen molar-refractivity contribution in [3.05, 3.63) is 54.0 Å². The van der Waals surface area contributed by atoms with E-state index in [0.717, 1.165) is 34.7 Å². The Morgan fingerprint density at radius 2 is 1.96 bits per heavy atom. The fourth-order valence-corrected chi connectivity index (χ4v) is 3.23. The number of rotatable bonds is 7. The topological polar surface area (TPSA) is 69.0 Å². The molecule has 0 saturated carbocycles. The van der Waals surface area contributed by atoms with Crippen LogP contribution in [0.15, 0.2) is 42.6 Å². The maximum atomic E-state index is 12.7. The lowest BCUT2D eigenvalue weighted by atomic mass is 10.0. The molecule has 2 aromatic heterocycles. The average Bonchev–Trinajstić information content (AvgIpc) is 2.98. The molecule has 6 nitrogen and oxygen atoms in total. The van der Waals surface area contributed by atoms with Crippen molar-refractivity contribution in [1.82, 2.24) is 19.9 Å². The number of aryl methyl sites for hydroxylation is 1. The number of carbonyl (C=O) groups excluding carboxylic acids is 1. The molecule has 0 unspecified atom stereocenters. The molecule has 2 heterocycles. The molecule has 0 fully saturated rings. The van der Waals surface area contributed by atoms with Crippen molar-refractivity contribution in [3.63, 3.8) is 0 Å². The lowest BCUT2D eigenvalue weighted by molar-refractivity contribution is -0.121. The Morgan fingerprint density at radius 1 is 1.22 bits per heavy atom. The fourth-order valence-electron chi connectivity index (χ4n) is 3.23. The summed E-state index contributed by atoms with van der Waals surface area (Å²) in [5.41, 5.74) is 2.61. The lowest BCUT2D eigenvalue weighted by Crippen LogP contribution is -2.32. The number of hydrogen-bond donors (Lipinski definition) is 1. The minimum absolute atomic E-state index is 0.0224. The molecule has 1 amide bonds. The smallest absolute Gasteiger partial charge is 0.225 e. The van der Waals surface area contributed by atoms with Crippen LogP contribution < -0.4 is 10.1 Å². The summed E-state index contributed by atoms with van der Waals surface area (Å²) in [6, 6.07) is 11.2. The third-order valence-corrected chi connectivity index (χ3v) is 4.54. The van der Waals surface area contributed by atoms with Crippen molar-refractivity contribution in [3.8, 4) is 5.75 Å². The van der Waals surface area contributed by atoms with Gasteiger partial charge in [0, 0.05) is 13.2 Å². The van der Waals surface area contributed by atoms with Crippen LogP contribution in [0.25, 0.3) is 11.2 Å². The zero-order chi connectivity index (χ0) is 19.4. The number of pyridine rings is 1. The molecule has 1 N–H and O–H groups in total. The zero-order valence-corrected chi connectivity index (χ0v) is 16.3. The zero-order valence-electron chi connectivity index (χ0n) is 16.3. The van der Waals surface area contributed by atoms with E-state index in [4.69, 9.17) is 9.72 Å². The standard InChI is InChI=1S/C21H26N4O2/c1-14(2)12-18(21-24-17-6-5-11-22-20(17)25(21)3)23-19(26)13-15-7-9-16(27-4)10-8-15/h5-11,14,18H,12-13H2,1-4H3,(H,23,26)/t18-/m0/s1. The molecule has 0 aliphatic heterocycles. The summed E-state index contributed by atoms with van der Waals surface area (Å²) in [4.78, 5) is 21.8. The summed E-state index contributed by atoms with van der Waals surface area (Å²) in [6.07, 6.45) is 2.89. The number of ether oxygens (including phenoxy) is 1. The van der Waals surface area contributed by atoms with Gasteiger partial charge in [-0.2, -0.15) is 0 Å². The van der Waals surface area contributed by atoms with Crippen LogP contribution in [0, 0.1) is 5.92 Å². The second-order valence-corrected chi connectivity index (χ2v) is 7.15. The number of carbonyl (C=O) groups is 1. The van der Waals surface area contributed by atoms with E-state index in [0.29, 0.717) is 12.3 Å². The predicted octanol–water partition coefficient (Wildman–Crippen LogP) is 3.42. The number of benzene rings is 1. The van der Waals surface area contributed by atoms with Gasteiger partial charge in [-0.05, 0) is 42.2 Å². The Kier molecular flexibility index (Phi) is 5.74. The van der Waals surface area contributed by atoms with E-state index in [-0.39, 0.29) is 11.9 Å². The molecule has 142 valence electrons. The van der Waals surface area contributed by atoms with Crippen LogP contribution in [0.3, 0.4) is 0 Å². The minimum Gasteiger partial charge on any atom is -0.497 e. The summed E-state index contributed by atoms with van der Waals surface area (Å²) in [6.45, 7) is 4.28. The molecular formula is C21H26N4O2. The highest BCUT2D eigenvalue weighted by molar-refractivity contribution is 5.79. The van der Waals surface area contributed by atoms with Gasteiger partial charge in [-0.1, -0.05) is 26.0 Å². The number of imidazole rings is 1. The second kappa shape index (κ2) is 8.20. The summed E-state index contributed by atoms with van der Waals surface area (Å²) >= 11 is 0. The van der Waals surface area contributed by atoms with E-state index < -0.39 is 0 Å². The van der Waals surface area contributed by atoms with Gasteiger partial charge in [0.2, 0.25) is 5.91 Å². The van der Waals surface area contributed by atoms with Crippen LogP contribution >= 0.6 is 0 Å². The number of fused-ring (bicyclic) bond motifs is 1. The molecular weight excluding hydrogens is 340 g/mol. The predicted molar refractivity (Wildman–Crippen MR) is 106 cm³/mol. The van der Waals surface area contributed by atoms with Gasteiger partial charge >= 0.3 is 0 Å². The normalized spacial score (nSPS) is 12.3. The third kappa shape index (κ3) is 4.45. The van der Waals surface area contributed by atoms with Gasteiger partial charge in [-0.25, -0.2) is 9.97 Å². The second-order valence-electron chi connectivity index (χ2n) is 7.15. The molecule has 0 aliphatic carbocycles. The molecule has 1 atom stereocenters. The molecule has 0 spiro atoms. The number of nitrogens with one attached hydrogen (secondary N) is 1. The Balaban J connectivity index is 1.79. The van der Waals surface area contributed by atoms with Crippen molar-refractivity contribution in [1.29, 1.82) is 0 Å². The highest BCUT2D eigenvalue weighted by Crippen LogP contribution is 2.24. The summed E-state index contributed by atoms with van der Waals surface area (Å²) in [5, 5.41) is 3.16. The average molecular weight is 366 g/mol. The van der Waals surface area contributed by atoms with E-state index in [1.165, 1.54) is 0 Å². The van der Waals surface area contributed by atoms with E-state index in [1.54, 1.807) is 13.3 Å². The molecule has 0 bridgehead atoms. The van der Waals surface area contributed by atoms with Gasteiger partial charge in [-0.15, -0.1) is 0 Å². The molecule has 0 aliphatic rings. The molecule has 27 heavy (non-hydrogen) atoms. The number of methoxy groups -OCH3 is 1. The molecule has 0 saturated heterocycles. The van der Waals surface area contributed by atoms with Gasteiger partial charge in [0.25, 0.3) is 0 Å². The first-order valence-corrected chi connectivity index (χ1v) is 9.17. The summed E-state index contributed by atoms with van der Waals surface area (Å²) < 4.78 is 7.13. The first-order valence-electron chi connectivity index (χ1n) is 9.17. The Hall–Kier alpha value is -2.89. The minimum atomic E-state index is -0.157. The number of hydrogen-bond acceptors (Lipinski definition) is 4. The summed E-state index contributed by atoms with van der Waals surface area (Å²) in [5.74, 6) is 2.01. The van der Waals surface area contributed by atoms with Gasteiger partial charge in [-0.3, -0.25) is 4.79 Å². The van der Waals surface area contributed by atoms with Gasteiger partial charge in [0.15, 0.2) is 5.65 Å². The lowest BCUT2D eigenvalue weighted by Gasteiger charge is -2.20. The number of amides is 1. The van der Waals surface area contributed by atoms with Crippen LogP contribution in [0.1, 0.15) is 37.7 Å². The van der Waals surface area contributed by atoms with E-state index in [2.05, 4.69) is 24.1 Å². The maximum Gasteiger partial charge on any atom is 0.225 e. The highest BCUT2D eigenvalue weighted by Gasteiger charge is 2.22. The van der Waals surface area contributed by atoms with Crippen LogP contribution in [0.5, 0.6) is 5.75 Å². The largest absolute Gasteiger partial charge is 0.497 e. The first kappa shape index (κ1) is 18.9. The van der Waals surface area contributed by atoms with Crippen LogP contribution in [-0.2, 0) is 18.3 Å². The van der Waals surface area contributed by atoms with Crippen LogP contribution in [-0.4, -0.2) is 27.6 Å². The van der Waals surface area contributed by atoms with E-state index >= 15 is 0 Å². The van der Waals surface area contributed by atoms with Crippen molar-refractivity contribution >= 4 is 17.1 Å². The van der Waals surface area contributed by atoms with Crippen molar-refractivity contribution in [2.75, 3.05) is 7.11 Å². The highest BCUT2D eigenvalue weighted by atomic mass is 16.5. The molecule has 3 rings (SSSR count). The van der Waals surface area contributed by atoms with Crippen LogP contribution in [0.4, 0.5) is 0 Å². The fraction of sp³-hybridized carbons (Fsp3) is 0.381. The summed E-state index contributed by atoms with van der Waals surface area (Å²) in [7, 11) is 3.57. The maximum absolute atomic E-state index is 12.7. The van der Waals surface area contributed by atoms with Crippen LogP contribution in [0.2, 0.25) is 0 Å². The van der Waals surface area contributed by atoms with Gasteiger partial charge < -0.3 is 14.6 Å². The number of aromatic nitrogens is 3. The van der Waals surface area contributed by atoms with Crippen molar-refractivity contribution in [2.45, 2.75) is 32.7 Å². The Morgan fingerprint density at radius 3 is 2.59 bits per heavy atom. The molecule has 0 radical (unpaired) electrons. The molecule has 6 heteroatoms. The monoisotopic (exact) mass is 366 g/mol. The van der Waals surface area contributed by atoms with Crippen molar-refractivity contribution in [2.24, 2.45) is 13.0 Å². The molecule has 3 aromatic rings. The first-order chi connectivity index (χ1) is 13.0. The van der Waals surface area contributed by atoms with Gasteiger partial charge in [0.05, 0.1) is 19.6 Å². The Labute approximate surface area is 159 Å². The Bertz CT molecular complexity index is 916. The van der Waals surface area contributed by atoms with Gasteiger partial charge in [0.1, 0.15) is 17.1 Å². The number of nitrogens with zero attached hydrogens (tertiary/aromatic N) is 3. The SMILES string of the molecule is COc1ccc(CC(=O)N[C@@H](CC(C)C)c2nc3cccnc3n2C)cc1. The quantitative estimate of drug-likeness (QED) is 0.696. The van der Waals surface area contributed by atoms with E-state index in [1.807, 2.05) is 48.0 Å². The third-order valence-electron chi connectivity index (χ3n) is 4.54.